The Morgan fingerprint density at radius 2 is 1.84 bits per heavy atom. The fourth-order valence-electron chi connectivity index (χ4n) is 3.52. The quantitative estimate of drug-likeness (QED) is 0.270. The van der Waals surface area contributed by atoms with Gasteiger partial charge in [-0.25, -0.2) is 17.6 Å². The number of carboxylic acid groups (broad SMARTS) is 1. The van der Waals surface area contributed by atoms with Crippen LogP contribution in [0, 0.1) is 5.82 Å². The van der Waals surface area contributed by atoms with Gasteiger partial charge in [-0.15, -0.1) is 0 Å². The molecule has 4 rings (SSSR count). The van der Waals surface area contributed by atoms with E-state index in [0.717, 1.165) is 0 Å². The van der Waals surface area contributed by atoms with E-state index in [9.17, 15) is 27.5 Å². The number of amides is 1. The minimum atomic E-state index is -4.26. The molecule has 3 aromatic carbocycles. The van der Waals surface area contributed by atoms with Crippen LogP contribution in [-0.2, 0) is 21.2 Å². The molecular formula is C24H17BrClFN4O5S. The third-order valence-corrected chi connectivity index (χ3v) is 7.49. The van der Waals surface area contributed by atoms with Crippen LogP contribution in [0.1, 0.15) is 15.9 Å². The minimum Gasteiger partial charge on any atom is -0.480 e. The van der Waals surface area contributed by atoms with Gasteiger partial charge in [0.05, 0.1) is 21.2 Å². The lowest BCUT2D eigenvalue weighted by atomic mass is 10.0. The number of aliphatic carboxylic acids is 1. The minimum absolute atomic E-state index is 0.127. The van der Waals surface area contributed by atoms with Gasteiger partial charge in [-0.1, -0.05) is 23.7 Å². The molecule has 1 unspecified atom stereocenters. The maximum absolute atomic E-state index is 13.5. The number of hydrogen-bond donors (Lipinski definition) is 3. The van der Waals surface area contributed by atoms with Gasteiger partial charge < -0.3 is 10.4 Å². The number of rotatable bonds is 8. The smallest absolute Gasteiger partial charge is 0.326 e. The maximum Gasteiger partial charge on any atom is 0.326 e. The molecule has 13 heteroatoms. The SMILES string of the molecule is O=C(NC(Cc1ccc(F)c(Br)c1)C(=O)O)c1ccc(Cl)cc1NS(=O)(=O)c1cccc2nccnc12. The fraction of sp³-hybridized carbons (Fsp3) is 0.0833. The zero-order chi connectivity index (χ0) is 26.7. The van der Waals surface area contributed by atoms with E-state index in [0.29, 0.717) is 11.1 Å². The number of fused-ring (bicyclic) bond motifs is 1. The normalized spacial score (nSPS) is 12.2. The highest BCUT2D eigenvalue weighted by Crippen LogP contribution is 2.27. The predicted molar refractivity (Wildman–Crippen MR) is 138 cm³/mol. The number of anilines is 1. The summed E-state index contributed by atoms with van der Waals surface area (Å²) in [6.45, 7) is 0. The van der Waals surface area contributed by atoms with Gasteiger partial charge in [0, 0.05) is 23.8 Å². The summed E-state index contributed by atoms with van der Waals surface area (Å²) in [5.74, 6) is -2.71. The first-order chi connectivity index (χ1) is 17.5. The number of halogens is 3. The summed E-state index contributed by atoms with van der Waals surface area (Å²) in [5, 5.41) is 12.2. The van der Waals surface area contributed by atoms with Crippen LogP contribution in [0.25, 0.3) is 11.0 Å². The third kappa shape index (κ3) is 6.04. The molecule has 0 spiro atoms. The molecule has 3 N–H and O–H groups in total. The zero-order valence-corrected chi connectivity index (χ0v) is 21.8. The Kier molecular flexibility index (Phi) is 7.71. The first-order valence-electron chi connectivity index (χ1n) is 10.5. The molecule has 0 aliphatic carbocycles. The zero-order valence-electron chi connectivity index (χ0n) is 18.7. The van der Waals surface area contributed by atoms with Crippen molar-refractivity contribution in [3.8, 4) is 0 Å². The van der Waals surface area contributed by atoms with Crippen molar-refractivity contribution in [3.05, 3.63) is 93.4 Å². The molecule has 0 radical (unpaired) electrons. The first-order valence-corrected chi connectivity index (χ1v) is 13.2. The van der Waals surface area contributed by atoms with Crippen molar-refractivity contribution < 1.29 is 27.5 Å². The number of para-hydroxylation sites is 1. The summed E-state index contributed by atoms with van der Waals surface area (Å²) in [4.78, 5) is 33.0. The van der Waals surface area contributed by atoms with Crippen LogP contribution in [0.4, 0.5) is 10.1 Å². The molecule has 0 saturated heterocycles. The lowest BCUT2D eigenvalue weighted by molar-refractivity contribution is -0.139. The molecule has 1 atom stereocenters. The van der Waals surface area contributed by atoms with Gasteiger partial charge in [-0.05, 0) is 64.0 Å². The van der Waals surface area contributed by atoms with Crippen LogP contribution in [0.3, 0.4) is 0 Å². The molecule has 0 bridgehead atoms. The Bertz CT molecular complexity index is 1630. The van der Waals surface area contributed by atoms with E-state index in [1.54, 1.807) is 6.07 Å². The highest BCUT2D eigenvalue weighted by atomic mass is 79.9. The van der Waals surface area contributed by atoms with Crippen molar-refractivity contribution in [2.24, 2.45) is 0 Å². The number of carbonyl (C=O) groups is 2. The van der Waals surface area contributed by atoms with E-state index in [1.165, 1.54) is 60.9 Å². The van der Waals surface area contributed by atoms with Crippen molar-refractivity contribution >= 4 is 66.2 Å². The molecule has 190 valence electrons. The van der Waals surface area contributed by atoms with Gasteiger partial charge >= 0.3 is 5.97 Å². The van der Waals surface area contributed by atoms with Crippen LogP contribution in [0.15, 0.2) is 76.4 Å². The number of carbonyl (C=O) groups excluding carboxylic acids is 1. The average Bonchev–Trinajstić information content (AvgIpc) is 2.85. The Hall–Kier alpha value is -3.61. The molecule has 0 fully saturated rings. The molecule has 4 aromatic rings. The second-order valence-corrected chi connectivity index (χ2v) is 10.7. The van der Waals surface area contributed by atoms with E-state index in [4.69, 9.17) is 11.6 Å². The number of nitrogens with one attached hydrogen (secondary N) is 2. The summed E-state index contributed by atoms with van der Waals surface area (Å²) in [7, 11) is -4.26. The average molecular weight is 608 g/mol. The predicted octanol–water partition coefficient (Wildman–Crippen LogP) is 4.41. The molecule has 1 heterocycles. The van der Waals surface area contributed by atoms with Crippen molar-refractivity contribution in [2.75, 3.05) is 4.72 Å². The molecule has 9 nitrogen and oxygen atoms in total. The molecule has 1 amide bonds. The third-order valence-electron chi connectivity index (χ3n) is 5.25. The molecule has 37 heavy (non-hydrogen) atoms. The van der Waals surface area contributed by atoms with E-state index < -0.39 is 33.8 Å². The highest BCUT2D eigenvalue weighted by Gasteiger charge is 2.26. The first kappa shape index (κ1) is 26.5. The van der Waals surface area contributed by atoms with Crippen molar-refractivity contribution in [1.82, 2.24) is 15.3 Å². The number of carboxylic acids is 1. The van der Waals surface area contributed by atoms with Gasteiger partial charge in [0.2, 0.25) is 0 Å². The Labute approximate surface area is 223 Å². The second-order valence-electron chi connectivity index (χ2n) is 7.79. The number of aromatic nitrogens is 2. The summed E-state index contributed by atoms with van der Waals surface area (Å²) in [6, 6.07) is 10.9. The summed E-state index contributed by atoms with van der Waals surface area (Å²) in [6.07, 6.45) is 2.63. The van der Waals surface area contributed by atoms with Crippen LogP contribution >= 0.6 is 27.5 Å². The second kappa shape index (κ2) is 10.8. The van der Waals surface area contributed by atoms with Gasteiger partial charge in [0.1, 0.15) is 22.3 Å². The van der Waals surface area contributed by atoms with Crippen LogP contribution < -0.4 is 10.0 Å². The molecule has 0 aliphatic rings. The molecular weight excluding hydrogens is 591 g/mol. The number of benzene rings is 3. The molecule has 1 aromatic heterocycles. The number of sulfonamides is 1. The number of nitrogens with zero attached hydrogens (tertiary/aromatic N) is 2. The largest absolute Gasteiger partial charge is 0.480 e. The van der Waals surface area contributed by atoms with E-state index in [1.807, 2.05) is 0 Å². The van der Waals surface area contributed by atoms with E-state index in [-0.39, 0.29) is 37.6 Å². The molecule has 0 saturated carbocycles. The lowest BCUT2D eigenvalue weighted by Crippen LogP contribution is -2.42. The van der Waals surface area contributed by atoms with E-state index >= 15 is 0 Å². The lowest BCUT2D eigenvalue weighted by Gasteiger charge is -2.17. The monoisotopic (exact) mass is 606 g/mol. The van der Waals surface area contributed by atoms with Crippen LogP contribution in [-0.4, -0.2) is 41.4 Å². The van der Waals surface area contributed by atoms with Crippen molar-refractivity contribution in [3.63, 3.8) is 0 Å². The summed E-state index contributed by atoms with van der Waals surface area (Å²) < 4.78 is 42.5. The Balaban J connectivity index is 1.63. The maximum atomic E-state index is 13.5. The Morgan fingerprint density at radius 3 is 2.57 bits per heavy atom. The van der Waals surface area contributed by atoms with Gasteiger partial charge in [0.15, 0.2) is 0 Å². The fourth-order valence-corrected chi connectivity index (χ4v) is 5.36. The number of hydrogen-bond acceptors (Lipinski definition) is 6. The summed E-state index contributed by atoms with van der Waals surface area (Å²) >= 11 is 9.11. The standard InChI is InChI=1S/C24H17BrClFN4O5S/c25-16-10-13(4-7-17(16)27)11-20(24(33)34)30-23(32)15-6-5-14(26)12-19(15)31-37(35,36)21-3-1-2-18-22(21)29-9-8-28-18/h1-10,12,20,31H,11H2,(H,30,32)(H,33,34). The van der Waals surface area contributed by atoms with E-state index in [2.05, 4.69) is 35.9 Å². The van der Waals surface area contributed by atoms with Gasteiger partial charge in [-0.2, -0.15) is 0 Å². The Morgan fingerprint density at radius 1 is 1.08 bits per heavy atom. The van der Waals surface area contributed by atoms with Crippen LogP contribution in [0.5, 0.6) is 0 Å². The molecule has 0 aliphatic heterocycles. The summed E-state index contributed by atoms with van der Waals surface area (Å²) in [5.41, 5.74) is 0.605. The van der Waals surface area contributed by atoms with Crippen molar-refractivity contribution in [1.29, 1.82) is 0 Å². The van der Waals surface area contributed by atoms with Crippen LogP contribution in [0.2, 0.25) is 5.02 Å². The van der Waals surface area contributed by atoms with Gasteiger partial charge in [-0.3, -0.25) is 19.5 Å². The highest BCUT2D eigenvalue weighted by molar-refractivity contribution is 9.10. The topological polar surface area (TPSA) is 138 Å². The van der Waals surface area contributed by atoms with Gasteiger partial charge in [0.25, 0.3) is 15.9 Å². The van der Waals surface area contributed by atoms with Crippen molar-refractivity contribution in [2.45, 2.75) is 17.4 Å².